The van der Waals surface area contributed by atoms with Gasteiger partial charge in [-0.3, -0.25) is 0 Å². The molecule has 0 radical (unpaired) electrons. The summed E-state index contributed by atoms with van der Waals surface area (Å²) in [6.45, 7) is 0. The molecule has 2 nitrogen and oxygen atoms in total. The lowest BCUT2D eigenvalue weighted by atomic mass is 10.2. The van der Waals surface area contributed by atoms with E-state index in [4.69, 9.17) is 23.2 Å². The normalized spacial score (nSPS) is 11.0. The van der Waals surface area contributed by atoms with E-state index in [1.807, 2.05) is 12.1 Å². The van der Waals surface area contributed by atoms with Gasteiger partial charge in [0, 0.05) is 17.0 Å². The van der Waals surface area contributed by atoms with Gasteiger partial charge in [0.25, 0.3) is 0 Å². The number of hydrogen-bond acceptors (Lipinski definition) is 2. The van der Waals surface area contributed by atoms with Gasteiger partial charge < -0.3 is 0 Å². The lowest BCUT2D eigenvalue weighted by Gasteiger charge is -2.07. The molecule has 0 saturated heterocycles. The second-order valence-electron chi connectivity index (χ2n) is 4.10. The minimum absolute atomic E-state index is 0.255. The van der Waals surface area contributed by atoms with Crippen molar-refractivity contribution in [1.82, 2.24) is 9.97 Å². The first-order valence-corrected chi connectivity index (χ1v) is 7.18. The fourth-order valence-electron chi connectivity index (χ4n) is 1.85. The van der Waals surface area contributed by atoms with Crippen LogP contribution in [-0.2, 0) is 0 Å². The molecule has 0 fully saturated rings. The van der Waals surface area contributed by atoms with Crippen molar-refractivity contribution in [2.75, 3.05) is 0 Å². The molecule has 3 aromatic rings. The molecule has 0 aliphatic carbocycles. The summed E-state index contributed by atoms with van der Waals surface area (Å²) in [6, 6.07) is 10.0. The maximum absolute atomic E-state index is 13.6. The molecule has 2 aromatic carbocycles. The number of benzene rings is 2. The Balaban J connectivity index is 2.30. The first-order valence-electron chi connectivity index (χ1n) is 5.63. The molecule has 0 saturated carbocycles. The maximum Gasteiger partial charge on any atom is 0.162 e. The van der Waals surface area contributed by atoms with Gasteiger partial charge in [-0.25, -0.2) is 14.4 Å². The van der Waals surface area contributed by atoms with Gasteiger partial charge in [-0.05, 0) is 34.1 Å². The van der Waals surface area contributed by atoms with Crippen molar-refractivity contribution < 1.29 is 4.39 Å². The predicted octanol–water partition coefficient (Wildman–Crippen LogP) is 5.51. The molecule has 0 aliphatic heterocycles. The molecule has 6 heteroatoms. The molecule has 0 spiro atoms. The Hall–Kier alpha value is -1.23. The van der Waals surface area contributed by atoms with Gasteiger partial charge in [-0.15, -0.1) is 0 Å². The highest BCUT2D eigenvalue weighted by molar-refractivity contribution is 9.10. The molecule has 1 aromatic heterocycles. The smallest absolute Gasteiger partial charge is 0.162 e. The van der Waals surface area contributed by atoms with Crippen molar-refractivity contribution in [3.8, 4) is 11.4 Å². The Labute approximate surface area is 132 Å². The van der Waals surface area contributed by atoms with Gasteiger partial charge in [-0.2, -0.15) is 0 Å². The highest BCUT2D eigenvalue weighted by Gasteiger charge is 2.12. The Morgan fingerprint density at radius 3 is 2.55 bits per heavy atom. The fraction of sp³-hybridized carbons (Fsp3) is 0. The van der Waals surface area contributed by atoms with Gasteiger partial charge in [0.1, 0.15) is 11.0 Å². The summed E-state index contributed by atoms with van der Waals surface area (Å²) < 4.78 is 13.9. The van der Waals surface area contributed by atoms with E-state index in [1.54, 1.807) is 18.2 Å². The van der Waals surface area contributed by atoms with Crippen molar-refractivity contribution >= 4 is 50.0 Å². The molecular formula is C14H6BrCl2FN2. The maximum atomic E-state index is 13.6. The summed E-state index contributed by atoms with van der Waals surface area (Å²) in [5.41, 5.74) is 1.09. The summed E-state index contributed by atoms with van der Waals surface area (Å²) in [4.78, 5) is 8.56. The Morgan fingerprint density at radius 1 is 1.05 bits per heavy atom. The van der Waals surface area contributed by atoms with Crippen LogP contribution in [0.2, 0.25) is 10.2 Å². The zero-order valence-electron chi connectivity index (χ0n) is 9.87. The van der Waals surface area contributed by atoms with Crippen LogP contribution in [0.1, 0.15) is 0 Å². The molecule has 0 unspecified atom stereocenters. The molecule has 0 bridgehead atoms. The van der Waals surface area contributed by atoms with E-state index in [2.05, 4.69) is 25.9 Å². The van der Waals surface area contributed by atoms with Crippen LogP contribution in [0.3, 0.4) is 0 Å². The second kappa shape index (κ2) is 5.28. The SMILES string of the molecule is Fc1cc2nc(-c3ccccc3Cl)nc(Cl)c2cc1Br. The van der Waals surface area contributed by atoms with Crippen LogP contribution in [-0.4, -0.2) is 9.97 Å². The molecular weight excluding hydrogens is 366 g/mol. The molecule has 0 amide bonds. The van der Waals surface area contributed by atoms with Crippen molar-refractivity contribution in [3.63, 3.8) is 0 Å². The summed E-state index contributed by atoms with van der Waals surface area (Å²) >= 11 is 15.4. The van der Waals surface area contributed by atoms with Crippen molar-refractivity contribution in [1.29, 1.82) is 0 Å². The van der Waals surface area contributed by atoms with Gasteiger partial charge in [0.05, 0.1) is 15.0 Å². The zero-order chi connectivity index (χ0) is 14.3. The summed E-state index contributed by atoms with van der Waals surface area (Å²) in [7, 11) is 0. The molecule has 100 valence electrons. The van der Waals surface area contributed by atoms with Crippen LogP contribution in [0.25, 0.3) is 22.3 Å². The number of fused-ring (bicyclic) bond motifs is 1. The van der Waals surface area contributed by atoms with Crippen LogP contribution in [0.5, 0.6) is 0 Å². The lowest BCUT2D eigenvalue weighted by molar-refractivity contribution is 0.623. The molecule has 1 heterocycles. The number of aromatic nitrogens is 2. The molecule has 20 heavy (non-hydrogen) atoms. The van der Waals surface area contributed by atoms with Crippen LogP contribution in [0.4, 0.5) is 4.39 Å². The van der Waals surface area contributed by atoms with Gasteiger partial charge in [0.2, 0.25) is 0 Å². The van der Waals surface area contributed by atoms with Gasteiger partial charge >= 0.3 is 0 Å². The monoisotopic (exact) mass is 370 g/mol. The topological polar surface area (TPSA) is 25.8 Å². The Morgan fingerprint density at radius 2 is 1.80 bits per heavy atom. The zero-order valence-corrected chi connectivity index (χ0v) is 13.0. The van der Waals surface area contributed by atoms with Crippen molar-refractivity contribution in [3.05, 3.63) is 56.9 Å². The number of halogens is 4. The van der Waals surface area contributed by atoms with E-state index in [0.717, 1.165) is 0 Å². The van der Waals surface area contributed by atoms with Gasteiger partial charge in [-0.1, -0.05) is 35.3 Å². The predicted molar refractivity (Wildman–Crippen MR) is 82.7 cm³/mol. The van der Waals surface area contributed by atoms with E-state index in [-0.39, 0.29) is 5.15 Å². The third kappa shape index (κ3) is 2.39. The van der Waals surface area contributed by atoms with E-state index < -0.39 is 5.82 Å². The number of hydrogen-bond donors (Lipinski definition) is 0. The van der Waals surface area contributed by atoms with E-state index >= 15 is 0 Å². The van der Waals surface area contributed by atoms with E-state index in [1.165, 1.54) is 6.07 Å². The van der Waals surface area contributed by atoms with Crippen LogP contribution < -0.4 is 0 Å². The summed E-state index contributed by atoms with van der Waals surface area (Å²) in [5, 5.41) is 1.35. The quantitative estimate of drug-likeness (QED) is 0.527. The van der Waals surface area contributed by atoms with E-state index in [0.29, 0.717) is 31.8 Å². The highest BCUT2D eigenvalue weighted by atomic mass is 79.9. The van der Waals surface area contributed by atoms with Gasteiger partial charge in [0.15, 0.2) is 5.82 Å². The van der Waals surface area contributed by atoms with Crippen molar-refractivity contribution in [2.45, 2.75) is 0 Å². The van der Waals surface area contributed by atoms with E-state index in [9.17, 15) is 4.39 Å². The third-order valence-electron chi connectivity index (χ3n) is 2.81. The Kier molecular flexibility index (Phi) is 3.63. The lowest BCUT2D eigenvalue weighted by Crippen LogP contribution is -1.93. The van der Waals surface area contributed by atoms with Crippen LogP contribution in [0.15, 0.2) is 40.9 Å². The standard InChI is InChI=1S/C14H6BrCl2FN2/c15-9-5-8-12(6-11(9)18)19-14(20-13(8)17)7-3-1-2-4-10(7)16/h1-6H. The molecule has 3 rings (SSSR count). The Bertz CT molecular complexity index is 824. The first-order chi connectivity index (χ1) is 9.56. The molecule has 0 aliphatic rings. The fourth-order valence-corrected chi connectivity index (χ4v) is 2.64. The highest BCUT2D eigenvalue weighted by Crippen LogP contribution is 2.31. The van der Waals surface area contributed by atoms with Crippen LogP contribution >= 0.6 is 39.1 Å². The largest absolute Gasteiger partial charge is 0.228 e. The summed E-state index contributed by atoms with van der Waals surface area (Å²) in [5.74, 6) is -0.0350. The number of rotatable bonds is 1. The molecule has 0 atom stereocenters. The number of nitrogens with zero attached hydrogens (tertiary/aromatic N) is 2. The summed E-state index contributed by atoms with van der Waals surface area (Å²) in [6.07, 6.45) is 0. The first kappa shape index (κ1) is 13.7. The van der Waals surface area contributed by atoms with Crippen molar-refractivity contribution in [2.24, 2.45) is 0 Å². The minimum Gasteiger partial charge on any atom is -0.228 e. The third-order valence-corrected chi connectivity index (χ3v) is 4.03. The minimum atomic E-state index is -0.405. The molecule has 0 N–H and O–H groups in total. The second-order valence-corrected chi connectivity index (χ2v) is 5.72. The van der Waals surface area contributed by atoms with Crippen LogP contribution in [0, 0.1) is 5.82 Å². The average Bonchev–Trinajstić information content (AvgIpc) is 2.41. The average molecular weight is 372 g/mol.